The average molecular weight is 168 g/mol. The molecule has 0 aromatic rings. The third-order valence-corrected chi connectivity index (χ3v) is 2.59. The zero-order chi connectivity index (χ0) is 9.56. The molecule has 0 rings (SSSR count). The van der Waals surface area contributed by atoms with Crippen LogP contribution >= 0.6 is 0 Å². The molecule has 0 spiro atoms. The molecule has 0 bridgehead atoms. The minimum absolute atomic E-state index is 0.744. The van der Waals surface area contributed by atoms with Gasteiger partial charge in [0.1, 0.15) is 0 Å². The lowest BCUT2D eigenvalue weighted by atomic mass is 9.89. The van der Waals surface area contributed by atoms with Crippen LogP contribution in [-0.2, 0) is 0 Å². The van der Waals surface area contributed by atoms with Crippen molar-refractivity contribution in [2.75, 3.05) is 0 Å². The van der Waals surface area contributed by atoms with Crippen LogP contribution in [0.25, 0.3) is 0 Å². The van der Waals surface area contributed by atoms with Crippen molar-refractivity contribution in [3.8, 4) is 0 Å². The Labute approximate surface area is 78.1 Å². The molecule has 0 heterocycles. The summed E-state index contributed by atoms with van der Waals surface area (Å²) in [4.78, 5) is 0. The molecular weight excluding hydrogens is 144 g/mol. The molecule has 0 amide bonds. The summed E-state index contributed by atoms with van der Waals surface area (Å²) in [5.41, 5.74) is 0. The summed E-state index contributed by atoms with van der Waals surface area (Å²) < 4.78 is 0. The summed E-state index contributed by atoms with van der Waals surface area (Å²) in [6, 6.07) is 0. The molecule has 0 N–H and O–H groups in total. The minimum Gasteiger partial charge on any atom is -0.0914 e. The molecule has 0 saturated heterocycles. The van der Waals surface area contributed by atoms with Crippen LogP contribution in [0.15, 0.2) is 12.2 Å². The van der Waals surface area contributed by atoms with E-state index >= 15 is 0 Å². The smallest absolute Gasteiger partial charge is 0.0236 e. The summed E-state index contributed by atoms with van der Waals surface area (Å²) in [6.07, 6.45) is 7.20. The molecule has 2 unspecified atom stereocenters. The van der Waals surface area contributed by atoms with Gasteiger partial charge in [0.15, 0.2) is 0 Å². The van der Waals surface area contributed by atoms with Gasteiger partial charge in [0.25, 0.3) is 0 Å². The maximum Gasteiger partial charge on any atom is -0.0236 e. The Kier molecular flexibility index (Phi) is 6.14. The normalized spacial score (nSPS) is 17.2. The lowest BCUT2D eigenvalue weighted by molar-refractivity contribution is 0.384. The molecule has 2 atom stereocenters. The van der Waals surface area contributed by atoms with Crippen LogP contribution in [0.3, 0.4) is 0 Å². The number of allylic oxidation sites excluding steroid dienone is 2. The van der Waals surface area contributed by atoms with Crippen molar-refractivity contribution in [2.45, 2.75) is 47.5 Å². The fraction of sp³-hybridized carbons (Fsp3) is 0.833. The first-order valence-electron chi connectivity index (χ1n) is 5.20. The molecule has 0 aromatic carbocycles. The van der Waals surface area contributed by atoms with Gasteiger partial charge >= 0.3 is 0 Å². The van der Waals surface area contributed by atoms with Crippen LogP contribution in [0.2, 0.25) is 0 Å². The lowest BCUT2D eigenvalue weighted by Crippen LogP contribution is -2.06. The Morgan fingerprint density at radius 2 is 1.58 bits per heavy atom. The summed E-state index contributed by atoms with van der Waals surface area (Å²) in [5.74, 6) is 2.43. The molecule has 12 heavy (non-hydrogen) atoms. The Morgan fingerprint density at radius 3 is 2.00 bits per heavy atom. The number of hydrogen-bond donors (Lipinski definition) is 0. The second-order valence-corrected chi connectivity index (χ2v) is 4.33. The van der Waals surface area contributed by atoms with E-state index in [-0.39, 0.29) is 0 Å². The number of hydrogen-bond acceptors (Lipinski definition) is 0. The van der Waals surface area contributed by atoms with Gasteiger partial charge in [-0.25, -0.2) is 0 Å². The quantitative estimate of drug-likeness (QED) is 0.538. The first-order chi connectivity index (χ1) is 5.57. The van der Waals surface area contributed by atoms with Crippen molar-refractivity contribution in [3.05, 3.63) is 12.2 Å². The van der Waals surface area contributed by atoms with Crippen molar-refractivity contribution >= 4 is 0 Å². The predicted molar refractivity (Wildman–Crippen MR) is 57.2 cm³/mol. The zero-order valence-electron chi connectivity index (χ0n) is 9.30. The lowest BCUT2D eigenvalue weighted by Gasteiger charge is -2.17. The van der Waals surface area contributed by atoms with Gasteiger partial charge in [-0.2, -0.15) is 0 Å². The topological polar surface area (TPSA) is 0 Å². The monoisotopic (exact) mass is 168 g/mol. The second-order valence-electron chi connectivity index (χ2n) is 4.33. The average Bonchev–Trinajstić information content (AvgIpc) is 2.00. The molecule has 0 heteroatoms. The standard InChI is InChI=1S/C12H24/c1-6-7-11(4)12(5)9-8-10(2)3/h6-7,10-12H,8-9H2,1-5H3. The highest BCUT2D eigenvalue weighted by Crippen LogP contribution is 2.20. The Bertz CT molecular complexity index is 122. The SMILES string of the molecule is CC=CC(C)C(C)CCC(C)C. The van der Waals surface area contributed by atoms with Crippen molar-refractivity contribution in [2.24, 2.45) is 17.8 Å². The maximum atomic E-state index is 2.35. The van der Waals surface area contributed by atoms with Gasteiger partial charge in [-0.3, -0.25) is 0 Å². The minimum atomic E-state index is 0.744. The van der Waals surface area contributed by atoms with E-state index in [1.165, 1.54) is 12.8 Å². The van der Waals surface area contributed by atoms with E-state index in [4.69, 9.17) is 0 Å². The van der Waals surface area contributed by atoms with E-state index in [9.17, 15) is 0 Å². The van der Waals surface area contributed by atoms with E-state index in [0.29, 0.717) is 0 Å². The highest BCUT2D eigenvalue weighted by atomic mass is 14.1. The van der Waals surface area contributed by atoms with E-state index in [1.54, 1.807) is 0 Å². The molecule has 0 aliphatic rings. The van der Waals surface area contributed by atoms with Crippen LogP contribution in [0.5, 0.6) is 0 Å². The zero-order valence-corrected chi connectivity index (χ0v) is 9.30. The molecule has 72 valence electrons. The molecule has 0 radical (unpaired) electrons. The summed E-state index contributed by atoms with van der Waals surface area (Å²) in [5, 5.41) is 0. The molecule has 0 saturated carbocycles. The van der Waals surface area contributed by atoms with E-state index in [2.05, 4.69) is 46.8 Å². The Balaban J connectivity index is 3.63. The predicted octanol–water partition coefficient (Wildman–Crippen LogP) is 4.27. The molecular formula is C12H24. The first-order valence-corrected chi connectivity index (χ1v) is 5.20. The fourth-order valence-electron chi connectivity index (χ4n) is 1.35. The van der Waals surface area contributed by atoms with Crippen molar-refractivity contribution in [1.29, 1.82) is 0 Å². The molecule has 0 nitrogen and oxygen atoms in total. The van der Waals surface area contributed by atoms with E-state index in [1.807, 2.05) is 0 Å². The highest BCUT2D eigenvalue weighted by Gasteiger charge is 2.08. The number of rotatable bonds is 5. The summed E-state index contributed by atoms with van der Waals surface area (Å²) in [7, 11) is 0. The van der Waals surface area contributed by atoms with Crippen LogP contribution < -0.4 is 0 Å². The van der Waals surface area contributed by atoms with Gasteiger partial charge in [-0.15, -0.1) is 0 Å². The van der Waals surface area contributed by atoms with Gasteiger partial charge < -0.3 is 0 Å². The van der Waals surface area contributed by atoms with Crippen LogP contribution in [0.4, 0.5) is 0 Å². The van der Waals surface area contributed by atoms with Crippen molar-refractivity contribution in [3.63, 3.8) is 0 Å². The van der Waals surface area contributed by atoms with Gasteiger partial charge in [-0.1, -0.05) is 46.3 Å². The second kappa shape index (κ2) is 6.28. The third-order valence-electron chi connectivity index (χ3n) is 2.59. The first kappa shape index (κ1) is 11.7. The van der Waals surface area contributed by atoms with Crippen molar-refractivity contribution in [1.82, 2.24) is 0 Å². The molecule has 0 aliphatic carbocycles. The van der Waals surface area contributed by atoms with Gasteiger partial charge in [0.05, 0.1) is 0 Å². The summed E-state index contributed by atoms with van der Waals surface area (Å²) in [6.45, 7) is 11.4. The maximum absolute atomic E-state index is 2.35. The Hall–Kier alpha value is -0.260. The van der Waals surface area contributed by atoms with E-state index < -0.39 is 0 Å². The molecule has 0 fully saturated rings. The summed E-state index contributed by atoms with van der Waals surface area (Å²) >= 11 is 0. The van der Waals surface area contributed by atoms with Gasteiger partial charge in [0, 0.05) is 0 Å². The van der Waals surface area contributed by atoms with Crippen LogP contribution in [-0.4, -0.2) is 0 Å². The van der Waals surface area contributed by atoms with Gasteiger partial charge in [-0.05, 0) is 31.1 Å². The molecule has 0 aromatic heterocycles. The van der Waals surface area contributed by atoms with Gasteiger partial charge in [0.2, 0.25) is 0 Å². The van der Waals surface area contributed by atoms with Crippen molar-refractivity contribution < 1.29 is 0 Å². The molecule has 0 aliphatic heterocycles. The third kappa shape index (κ3) is 5.40. The van der Waals surface area contributed by atoms with Crippen LogP contribution in [0, 0.1) is 17.8 Å². The van der Waals surface area contributed by atoms with E-state index in [0.717, 1.165) is 17.8 Å². The van der Waals surface area contributed by atoms with Crippen LogP contribution in [0.1, 0.15) is 47.5 Å². The Morgan fingerprint density at radius 1 is 1.00 bits per heavy atom. The highest BCUT2D eigenvalue weighted by molar-refractivity contribution is 4.85. The largest absolute Gasteiger partial charge is 0.0914 e. The fourth-order valence-corrected chi connectivity index (χ4v) is 1.35.